The minimum Gasteiger partial charge on any atom is -0.323 e. The second-order valence-electron chi connectivity index (χ2n) is 4.84. The molecule has 4 heteroatoms. The molecule has 0 aliphatic rings. The fraction of sp³-hybridized carbons (Fsp3) is 0.250. The van der Waals surface area contributed by atoms with Gasteiger partial charge < -0.3 is 5.73 Å². The molecule has 2 N–H and O–H groups in total. The van der Waals surface area contributed by atoms with Gasteiger partial charge in [0, 0.05) is 33.4 Å². The lowest BCUT2D eigenvalue weighted by atomic mass is 10.0. The molecule has 2 aromatic carbocycles. The molecule has 2 atom stereocenters. The molecule has 0 heterocycles. The summed E-state index contributed by atoms with van der Waals surface area (Å²) in [5.74, 6) is 0.976. The van der Waals surface area contributed by atoms with E-state index in [1.165, 1.54) is 0 Å². The Balaban J connectivity index is 1.98. The van der Waals surface area contributed by atoms with Gasteiger partial charge in [-0.25, -0.2) is 0 Å². The molecule has 2 rings (SSSR count). The van der Waals surface area contributed by atoms with Gasteiger partial charge in [0.05, 0.1) is 0 Å². The van der Waals surface area contributed by atoms with Crippen molar-refractivity contribution < 1.29 is 4.21 Å². The molecule has 0 bridgehead atoms. The molecular formula is C16H18ClNOS. The Morgan fingerprint density at radius 1 is 1.15 bits per heavy atom. The molecule has 0 aliphatic heterocycles. The topological polar surface area (TPSA) is 43.1 Å². The van der Waals surface area contributed by atoms with E-state index < -0.39 is 10.8 Å². The summed E-state index contributed by atoms with van der Waals surface area (Å²) in [5, 5.41) is 0.691. The van der Waals surface area contributed by atoms with Crippen LogP contribution in [0.4, 0.5) is 0 Å². The molecule has 0 aromatic heterocycles. The van der Waals surface area contributed by atoms with Crippen LogP contribution in [-0.4, -0.2) is 9.96 Å². The smallest absolute Gasteiger partial charge is 0.0486 e. The number of aryl methyl sites for hydroxylation is 1. The van der Waals surface area contributed by atoms with Crippen LogP contribution in [0.15, 0.2) is 48.5 Å². The van der Waals surface area contributed by atoms with Crippen LogP contribution in [0.5, 0.6) is 0 Å². The molecule has 2 nitrogen and oxygen atoms in total. The second-order valence-corrected chi connectivity index (χ2v) is 6.78. The van der Waals surface area contributed by atoms with E-state index in [0.29, 0.717) is 16.5 Å². The average Bonchev–Trinajstić information content (AvgIpc) is 2.41. The van der Waals surface area contributed by atoms with E-state index in [1.54, 1.807) is 0 Å². The van der Waals surface area contributed by atoms with E-state index in [0.717, 1.165) is 16.7 Å². The van der Waals surface area contributed by atoms with Crippen LogP contribution < -0.4 is 5.73 Å². The number of hydrogen-bond donors (Lipinski definition) is 1. The Kier molecular flexibility index (Phi) is 5.35. The first-order valence-corrected chi connectivity index (χ1v) is 8.33. The quantitative estimate of drug-likeness (QED) is 0.917. The van der Waals surface area contributed by atoms with Crippen molar-refractivity contribution in [3.8, 4) is 0 Å². The first-order valence-electron chi connectivity index (χ1n) is 6.47. The third-order valence-electron chi connectivity index (χ3n) is 3.19. The van der Waals surface area contributed by atoms with E-state index in [2.05, 4.69) is 0 Å². The first kappa shape index (κ1) is 15.2. The van der Waals surface area contributed by atoms with E-state index in [9.17, 15) is 4.21 Å². The molecule has 20 heavy (non-hydrogen) atoms. The Morgan fingerprint density at radius 2 is 1.80 bits per heavy atom. The Morgan fingerprint density at radius 3 is 2.45 bits per heavy atom. The zero-order chi connectivity index (χ0) is 14.5. The van der Waals surface area contributed by atoms with Crippen molar-refractivity contribution >= 4 is 22.4 Å². The lowest BCUT2D eigenvalue weighted by Gasteiger charge is -2.14. The predicted molar refractivity (Wildman–Crippen MR) is 86.3 cm³/mol. The number of halogens is 1. The monoisotopic (exact) mass is 307 g/mol. The molecule has 0 spiro atoms. The van der Waals surface area contributed by atoms with Crippen LogP contribution in [0.1, 0.15) is 22.7 Å². The van der Waals surface area contributed by atoms with Crippen molar-refractivity contribution in [1.82, 2.24) is 0 Å². The van der Waals surface area contributed by atoms with Crippen LogP contribution in [0, 0.1) is 6.92 Å². The van der Waals surface area contributed by atoms with E-state index in [1.807, 2.05) is 55.5 Å². The summed E-state index contributed by atoms with van der Waals surface area (Å²) in [6, 6.07) is 15.2. The zero-order valence-corrected chi connectivity index (χ0v) is 13.0. The molecule has 0 aliphatic carbocycles. The van der Waals surface area contributed by atoms with Crippen molar-refractivity contribution in [2.24, 2.45) is 5.73 Å². The third-order valence-corrected chi connectivity index (χ3v) is 4.83. The maximum atomic E-state index is 12.2. The van der Waals surface area contributed by atoms with Gasteiger partial charge in [0.1, 0.15) is 0 Å². The van der Waals surface area contributed by atoms with Crippen molar-refractivity contribution in [3.05, 3.63) is 70.2 Å². The van der Waals surface area contributed by atoms with Gasteiger partial charge in [0.15, 0.2) is 0 Å². The minimum atomic E-state index is -0.985. The van der Waals surface area contributed by atoms with Gasteiger partial charge in [-0.15, -0.1) is 0 Å². The molecule has 2 aromatic rings. The molecule has 2 unspecified atom stereocenters. The number of nitrogens with two attached hydrogens (primary N) is 1. The standard InChI is InChI=1S/C16H18ClNOS/c1-12-4-2-3-5-15(12)16(18)11-20(19)10-13-6-8-14(17)9-7-13/h2-9,16H,10-11,18H2,1H3. The average molecular weight is 308 g/mol. The number of rotatable bonds is 5. The highest BCUT2D eigenvalue weighted by atomic mass is 35.5. The molecule has 106 valence electrons. The van der Waals surface area contributed by atoms with Crippen molar-refractivity contribution in [2.75, 3.05) is 5.75 Å². The fourth-order valence-corrected chi connectivity index (χ4v) is 3.51. The molecule has 0 radical (unpaired) electrons. The van der Waals surface area contributed by atoms with Crippen molar-refractivity contribution in [1.29, 1.82) is 0 Å². The maximum Gasteiger partial charge on any atom is 0.0486 e. The SMILES string of the molecule is Cc1ccccc1C(N)CS(=O)Cc1ccc(Cl)cc1. The number of benzene rings is 2. The van der Waals surface area contributed by atoms with Crippen molar-refractivity contribution in [3.63, 3.8) is 0 Å². The normalized spacial score (nSPS) is 13.9. The van der Waals surface area contributed by atoms with Gasteiger partial charge in [0.25, 0.3) is 0 Å². The van der Waals surface area contributed by atoms with Gasteiger partial charge >= 0.3 is 0 Å². The summed E-state index contributed by atoms with van der Waals surface area (Å²) in [6.07, 6.45) is 0. The largest absolute Gasteiger partial charge is 0.323 e. The Hall–Kier alpha value is -1.16. The summed E-state index contributed by atoms with van der Waals surface area (Å²) in [7, 11) is -0.985. The lowest BCUT2D eigenvalue weighted by Crippen LogP contribution is -2.20. The highest BCUT2D eigenvalue weighted by Crippen LogP contribution is 2.17. The number of hydrogen-bond acceptors (Lipinski definition) is 2. The minimum absolute atomic E-state index is 0.190. The van der Waals surface area contributed by atoms with Crippen LogP contribution in [-0.2, 0) is 16.6 Å². The summed E-state index contributed by atoms with van der Waals surface area (Å²) in [4.78, 5) is 0. The summed E-state index contributed by atoms with van der Waals surface area (Å²) in [6.45, 7) is 2.03. The summed E-state index contributed by atoms with van der Waals surface area (Å²) >= 11 is 5.83. The maximum absolute atomic E-state index is 12.2. The Bertz CT molecular complexity index is 598. The molecular weight excluding hydrogens is 290 g/mol. The Labute approximate surface area is 127 Å². The van der Waals surface area contributed by atoms with Crippen LogP contribution >= 0.6 is 11.6 Å². The van der Waals surface area contributed by atoms with Crippen LogP contribution in [0.2, 0.25) is 5.02 Å². The fourth-order valence-electron chi connectivity index (χ4n) is 2.12. The lowest BCUT2D eigenvalue weighted by molar-refractivity contribution is 0.674. The third kappa shape index (κ3) is 4.17. The molecule has 0 saturated heterocycles. The molecule has 0 amide bonds. The van der Waals surface area contributed by atoms with Gasteiger partial charge in [-0.05, 0) is 35.7 Å². The van der Waals surface area contributed by atoms with Gasteiger partial charge in [0.2, 0.25) is 0 Å². The summed E-state index contributed by atoms with van der Waals surface area (Å²) < 4.78 is 12.2. The highest BCUT2D eigenvalue weighted by Gasteiger charge is 2.12. The zero-order valence-electron chi connectivity index (χ0n) is 11.4. The van der Waals surface area contributed by atoms with Gasteiger partial charge in [-0.3, -0.25) is 4.21 Å². The van der Waals surface area contributed by atoms with Gasteiger partial charge in [-0.2, -0.15) is 0 Å². The van der Waals surface area contributed by atoms with Crippen LogP contribution in [0.25, 0.3) is 0 Å². The first-order chi connectivity index (χ1) is 9.56. The predicted octanol–water partition coefficient (Wildman–Crippen LogP) is 3.60. The molecule has 0 fully saturated rings. The van der Waals surface area contributed by atoms with Crippen molar-refractivity contribution in [2.45, 2.75) is 18.7 Å². The van der Waals surface area contributed by atoms with E-state index in [-0.39, 0.29) is 6.04 Å². The second kappa shape index (κ2) is 7.02. The van der Waals surface area contributed by atoms with Crippen LogP contribution in [0.3, 0.4) is 0 Å². The van der Waals surface area contributed by atoms with E-state index >= 15 is 0 Å². The summed E-state index contributed by atoms with van der Waals surface area (Å²) in [5.41, 5.74) is 9.39. The van der Waals surface area contributed by atoms with E-state index in [4.69, 9.17) is 17.3 Å². The van der Waals surface area contributed by atoms with Gasteiger partial charge in [-0.1, -0.05) is 48.0 Å². The highest BCUT2D eigenvalue weighted by molar-refractivity contribution is 7.84. The molecule has 0 saturated carbocycles.